The largest absolute Gasteiger partial charge is 0.466 e. The molecule has 0 bridgehead atoms. The molecule has 3 aromatic rings. The summed E-state index contributed by atoms with van der Waals surface area (Å²) in [6, 6.07) is 14.5. The van der Waals surface area contributed by atoms with Crippen LogP contribution < -0.4 is 5.43 Å². The van der Waals surface area contributed by atoms with E-state index in [0.717, 1.165) is 0 Å². The Bertz CT molecular complexity index is 1030. The van der Waals surface area contributed by atoms with Crippen molar-refractivity contribution in [2.45, 2.75) is 19.5 Å². The summed E-state index contributed by atoms with van der Waals surface area (Å²) in [6.45, 7) is 2.00. The topological polar surface area (TPSA) is 61.2 Å². The van der Waals surface area contributed by atoms with Gasteiger partial charge < -0.3 is 4.74 Å². The Labute approximate surface area is 166 Å². The zero-order chi connectivity index (χ0) is 20.1. The quantitative estimate of drug-likeness (QED) is 0.586. The van der Waals surface area contributed by atoms with Crippen molar-refractivity contribution in [3.05, 3.63) is 92.9 Å². The van der Waals surface area contributed by atoms with Gasteiger partial charge in [-0.05, 0) is 42.3 Å². The molecule has 0 aliphatic carbocycles. The molecule has 0 aliphatic rings. The number of halogens is 2. The molecule has 0 fully saturated rings. The Balaban J connectivity index is 1.91. The minimum absolute atomic E-state index is 0.0334. The Morgan fingerprint density at radius 2 is 1.96 bits per heavy atom. The van der Waals surface area contributed by atoms with Crippen LogP contribution in [0.25, 0.3) is 5.69 Å². The van der Waals surface area contributed by atoms with Crippen LogP contribution in [-0.4, -0.2) is 22.4 Å². The molecule has 1 heterocycles. The first-order valence-electron chi connectivity index (χ1n) is 8.72. The Morgan fingerprint density at radius 1 is 1.21 bits per heavy atom. The lowest BCUT2D eigenvalue weighted by Crippen LogP contribution is -2.18. The van der Waals surface area contributed by atoms with Crippen molar-refractivity contribution >= 4 is 17.6 Å². The van der Waals surface area contributed by atoms with Crippen LogP contribution in [0, 0.1) is 0 Å². The summed E-state index contributed by atoms with van der Waals surface area (Å²) in [5.74, 6) is -0.391. The number of carbonyl (C=O) groups excluding carboxylic acids is 1. The highest BCUT2D eigenvalue weighted by Crippen LogP contribution is 2.24. The van der Waals surface area contributed by atoms with Gasteiger partial charge in [0.1, 0.15) is 5.69 Å². The van der Waals surface area contributed by atoms with E-state index in [-0.39, 0.29) is 24.3 Å². The minimum atomic E-state index is -1.73. The number of esters is 1. The third-order valence-corrected chi connectivity index (χ3v) is 4.32. The summed E-state index contributed by atoms with van der Waals surface area (Å²) < 4.78 is 21.5. The van der Waals surface area contributed by atoms with Gasteiger partial charge in [-0.3, -0.25) is 9.59 Å². The Hall–Kier alpha value is -2.99. The third-order valence-electron chi connectivity index (χ3n) is 4.06. The van der Waals surface area contributed by atoms with Crippen LogP contribution in [0.2, 0.25) is 5.02 Å². The number of rotatable bonds is 6. The lowest BCUT2D eigenvalue weighted by atomic mass is 10.0. The van der Waals surface area contributed by atoms with E-state index in [1.54, 1.807) is 55.5 Å². The SMILES string of the molecule is CCOC(=O)Cc1cccc(C(F)c2nn(-c3ccc(Cl)cc3)ccc2=O)c1. The molecule has 0 radical (unpaired) electrons. The predicted molar refractivity (Wildman–Crippen MR) is 105 cm³/mol. The molecule has 7 heteroatoms. The van der Waals surface area contributed by atoms with Crippen LogP contribution >= 0.6 is 11.6 Å². The van der Waals surface area contributed by atoms with Crippen molar-refractivity contribution in [2.24, 2.45) is 0 Å². The molecule has 1 atom stereocenters. The van der Waals surface area contributed by atoms with E-state index in [0.29, 0.717) is 16.3 Å². The van der Waals surface area contributed by atoms with Gasteiger partial charge in [0.25, 0.3) is 0 Å². The number of aromatic nitrogens is 2. The van der Waals surface area contributed by atoms with Crippen molar-refractivity contribution in [2.75, 3.05) is 6.61 Å². The van der Waals surface area contributed by atoms with E-state index >= 15 is 4.39 Å². The molecule has 0 amide bonds. The van der Waals surface area contributed by atoms with E-state index in [4.69, 9.17) is 16.3 Å². The number of alkyl halides is 1. The normalized spacial score (nSPS) is 11.8. The highest BCUT2D eigenvalue weighted by atomic mass is 35.5. The number of hydrogen-bond acceptors (Lipinski definition) is 4. The number of ether oxygens (including phenoxy) is 1. The molecule has 1 aromatic heterocycles. The number of hydrogen-bond donors (Lipinski definition) is 0. The fourth-order valence-corrected chi connectivity index (χ4v) is 2.86. The summed E-state index contributed by atoms with van der Waals surface area (Å²) in [7, 11) is 0. The molecule has 144 valence electrons. The fraction of sp³-hybridized carbons (Fsp3) is 0.190. The molecule has 0 saturated heterocycles. The highest BCUT2D eigenvalue weighted by molar-refractivity contribution is 6.30. The fourth-order valence-electron chi connectivity index (χ4n) is 2.73. The van der Waals surface area contributed by atoms with Gasteiger partial charge in [-0.25, -0.2) is 9.07 Å². The van der Waals surface area contributed by atoms with E-state index in [1.807, 2.05) is 0 Å². The van der Waals surface area contributed by atoms with Crippen molar-refractivity contribution in [3.8, 4) is 5.69 Å². The molecular formula is C21H18ClFN2O3. The molecule has 1 unspecified atom stereocenters. The molecule has 0 saturated carbocycles. The third kappa shape index (κ3) is 4.64. The molecule has 28 heavy (non-hydrogen) atoms. The van der Waals surface area contributed by atoms with E-state index in [9.17, 15) is 9.59 Å². The number of nitrogens with zero attached hydrogens (tertiary/aromatic N) is 2. The summed E-state index contributed by atoms with van der Waals surface area (Å²) in [5.41, 5.74) is 0.765. The molecular weight excluding hydrogens is 383 g/mol. The second-order valence-corrected chi connectivity index (χ2v) is 6.51. The van der Waals surface area contributed by atoms with Crippen molar-refractivity contribution in [1.29, 1.82) is 0 Å². The first-order valence-corrected chi connectivity index (χ1v) is 9.10. The summed E-state index contributed by atoms with van der Waals surface area (Å²) in [6.07, 6.45) is -0.223. The average Bonchev–Trinajstić information content (AvgIpc) is 2.69. The predicted octanol–water partition coefficient (Wildman–Crippen LogP) is 4.05. The second kappa shape index (κ2) is 8.80. The van der Waals surface area contributed by atoms with Gasteiger partial charge in [0, 0.05) is 17.3 Å². The molecule has 2 aromatic carbocycles. The summed E-state index contributed by atoms with van der Waals surface area (Å²) in [4.78, 5) is 23.9. The van der Waals surface area contributed by atoms with Crippen LogP contribution in [0.1, 0.15) is 29.9 Å². The Kier molecular flexibility index (Phi) is 6.21. The molecule has 0 N–H and O–H groups in total. The maximum Gasteiger partial charge on any atom is 0.310 e. The summed E-state index contributed by atoms with van der Waals surface area (Å²) >= 11 is 5.88. The van der Waals surface area contributed by atoms with Crippen LogP contribution in [0.5, 0.6) is 0 Å². The van der Waals surface area contributed by atoms with Gasteiger partial charge in [-0.15, -0.1) is 0 Å². The average molecular weight is 401 g/mol. The van der Waals surface area contributed by atoms with Crippen LogP contribution in [0.3, 0.4) is 0 Å². The van der Waals surface area contributed by atoms with Gasteiger partial charge in [0.05, 0.1) is 18.7 Å². The smallest absolute Gasteiger partial charge is 0.310 e. The van der Waals surface area contributed by atoms with E-state index in [1.165, 1.54) is 16.9 Å². The highest BCUT2D eigenvalue weighted by Gasteiger charge is 2.19. The van der Waals surface area contributed by atoms with Gasteiger partial charge in [0.15, 0.2) is 6.17 Å². The second-order valence-electron chi connectivity index (χ2n) is 6.08. The first kappa shape index (κ1) is 19.8. The zero-order valence-corrected chi connectivity index (χ0v) is 15.9. The standard InChI is InChI=1S/C21H18ClFN2O3/c1-2-28-19(27)13-14-4-3-5-15(12-14)20(23)21-18(26)10-11-25(24-21)17-8-6-16(22)7-9-17/h3-12,20H,2,13H2,1H3. The van der Waals surface area contributed by atoms with Gasteiger partial charge >= 0.3 is 5.97 Å². The zero-order valence-electron chi connectivity index (χ0n) is 15.1. The minimum Gasteiger partial charge on any atom is -0.466 e. The monoisotopic (exact) mass is 400 g/mol. The number of benzene rings is 2. The van der Waals surface area contributed by atoms with Crippen molar-refractivity contribution in [3.63, 3.8) is 0 Å². The Morgan fingerprint density at radius 3 is 2.68 bits per heavy atom. The molecule has 5 nitrogen and oxygen atoms in total. The van der Waals surface area contributed by atoms with Crippen LogP contribution in [-0.2, 0) is 16.0 Å². The van der Waals surface area contributed by atoms with Gasteiger partial charge in [0.2, 0.25) is 5.43 Å². The van der Waals surface area contributed by atoms with E-state index in [2.05, 4.69) is 5.10 Å². The van der Waals surface area contributed by atoms with E-state index < -0.39 is 17.6 Å². The van der Waals surface area contributed by atoms with Gasteiger partial charge in [-0.2, -0.15) is 5.10 Å². The molecule has 0 aliphatic heterocycles. The van der Waals surface area contributed by atoms with Crippen LogP contribution in [0.15, 0.2) is 65.6 Å². The van der Waals surface area contributed by atoms with Crippen molar-refractivity contribution < 1.29 is 13.9 Å². The summed E-state index contributed by atoms with van der Waals surface area (Å²) in [5, 5.41) is 4.72. The number of carbonyl (C=O) groups is 1. The first-order chi connectivity index (χ1) is 13.5. The lowest BCUT2D eigenvalue weighted by Gasteiger charge is -2.12. The van der Waals surface area contributed by atoms with Gasteiger partial charge in [-0.1, -0.05) is 35.9 Å². The lowest BCUT2D eigenvalue weighted by molar-refractivity contribution is -0.142. The molecule has 0 spiro atoms. The van der Waals surface area contributed by atoms with Crippen molar-refractivity contribution in [1.82, 2.24) is 9.78 Å². The molecule has 3 rings (SSSR count). The van der Waals surface area contributed by atoms with Crippen LogP contribution in [0.4, 0.5) is 4.39 Å². The maximum absolute atomic E-state index is 15.1. The maximum atomic E-state index is 15.1.